The molecule has 0 radical (unpaired) electrons. The quantitative estimate of drug-likeness (QED) is 0.362. The zero-order valence-electron chi connectivity index (χ0n) is 15.7. The molecular formula is C25H23ClN2. The fraction of sp³-hybridized carbons (Fsp3) is 0.160. The van der Waals surface area contributed by atoms with E-state index >= 15 is 0 Å². The number of hydrogen-bond acceptors (Lipinski definition) is 1. The highest BCUT2D eigenvalue weighted by atomic mass is 35.5. The Hall–Kier alpha value is -2.84. The predicted molar refractivity (Wildman–Crippen MR) is 116 cm³/mol. The summed E-state index contributed by atoms with van der Waals surface area (Å²) in [6.07, 6.45) is 6.06. The van der Waals surface area contributed by atoms with Gasteiger partial charge in [-0.15, -0.1) is 0 Å². The first kappa shape index (κ1) is 18.5. The molecule has 4 rings (SSSR count). The van der Waals surface area contributed by atoms with Crippen LogP contribution in [0.2, 0.25) is 5.02 Å². The summed E-state index contributed by atoms with van der Waals surface area (Å²) in [5, 5.41) is 0.767. The Bertz CT molecular complexity index is 952. The van der Waals surface area contributed by atoms with Gasteiger partial charge in [0.05, 0.1) is 12.0 Å². The van der Waals surface area contributed by atoms with Crippen LogP contribution in [0.15, 0.2) is 97.5 Å². The predicted octanol–water partition coefficient (Wildman–Crippen LogP) is 6.35. The molecule has 0 spiro atoms. The second-order valence-electron chi connectivity index (χ2n) is 7.08. The van der Waals surface area contributed by atoms with Crippen LogP contribution in [0.1, 0.15) is 34.7 Å². The van der Waals surface area contributed by atoms with Gasteiger partial charge in [-0.1, -0.05) is 84.4 Å². The topological polar surface area (TPSA) is 17.8 Å². The van der Waals surface area contributed by atoms with Crippen LogP contribution in [-0.4, -0.2) is 9.55 Å². The fourth-order valence-electron chi connectivity index (χ4n) is 3.61. The van der Waals surface area contributed by atoms with Gasteiger partial charge in [0.1, 0.15) is 0 Å². The van der Waals surface area contributed by atoms with Crippen molar-refractivity contribution in [2.45, 2.75) is 25.3 Å². The number of nitrogens with zero attached hydrogens (tertiary/aromatic N) is 2. The zero-order valence-corrected chi connectivity index (χ0v) is 16.5. The van der Waals surface area contributed by atoms with Crippen molar-refractivity contribution in [3.8, 4) is 0 Å². The molecule has 0 saturated carbocycles. The highest BCUT2D eigenvalue weighted by Crippen LogP contribution is 2.29. The van der Waals surface area contributed by atoms with Crippen LogP contribution in [0, 0.1) is 0 Å². The molecule has 0 unspecified atom stereocenters. The van der Waals surface area contributed by atoms with E-state index in [1.165, 1.54) is 16.7 Å². The van der Waals surface area contributed by atoms with Crippen LogP contribution in [0.25, 0.3) is 0 Å². The molecule has 3 heteroatoms. The Morgan fingerprint density at radius 1 is 0.786 bits per heavy atom. The average molecular weight is 387 g/mol. The average Bonchev–Trinajstić information content (AvgIpc) is 3.19. The maximum atomic E-state index is 5.97. The summed E-state index contributed by atoms with van der Waals surface area (Å²) in [6, 6.07) is 29.5. The monoisotopic (exact) mass is 386 g/mol. The number of hydrogen-bond donors (Lipinski definition) is 0. The summed E-state index contributed by atoms with van der Waals surface area (Å²) in [5.74, 6) is 0.379. The Kier molecular flexibility index (Phi) is 5.89. The van der Waals surface area contributed by atoms with Crippen LogP contribution in [0.4, 0.5) is 0 Å². The van der Waals surface area contributed by atoms with E-state index in [9.17, 15) is 0 Å². The van der Waals surface area contributed by atoms with Crippen LogP contribution in [0.3, 0.4) is 0 Å². The van der Waals surface area contributed by atoms with Crippen molar-refractivity contribution in [2.24, 2.45) is 0 Å². The van der Waals surface area contributed by atoms with Crippen molar-refractivity contribution in [3.63, 3.8) is 0 Å². The molecule has 0 N–H and O–H groups in total. The lowest BCUT2D eigenvalue weighted by molar-refractivity contribution is 0.705. The lowest BCUT2D eigenvalue weighted by Crippen LogP contribution is -2.03. The maximum absolute atomic E-state index is 5.97. The summed E-state index contributed by atoms with van der Waals surface area (Å²) in [4.78, 5) is 4.63. The van der Waals surface area contributed by atoms with Crippen molar-refractivity contribution in [1.82, 2.24) is 9.55 Å². The van der Waals surface area contributed by atoms with Crippen LogP contribution < -0.4 is 0 Å². The Morgan fingerprint density at radius 2 is 1.39 bits per heavy atom. The molecule has 2 nitrogen and oxygen atoms in total. The molecule has 0 amide bonds. The smallest absolute Gasteiger partial charge is 0.0952 e. The molecule has 0 saturated heterocycles. The first-order valence-electron chi connectivity index (χ1n) is 9.63. The Labute approximate surface area is 171 Å². The van der Waals surface area contributed by atoms with Gasteiger partial charge < -0.3 is 4.57 Å². The van der Waals surface area contributed by atoms with Crippen molar-refractivity contribution >= 4 is 11.6 Å². The summed E-state index contributed by atoms with van der Waals surface area (Å²) in [6.45, 7) is 0.810. The molecule has 0 aliphatic heterocycles. The highest BCUT2D eigenvalue weighted by molar-refractivity contribution is 6.30. The number of aromatic nitrogens is 2. The van der Waals surface area contributed by atoms with Gasteiger partial charge in [0.2, 0.25) is 0 Å². The minimum atomic E-state index is 0.379. The first-order chi connectivity index (χ1) is 13.8. The van der Waals surface area contributed by atoms with Gasteiger partial charge in [-0.2, -0.15) is 0 Å². The largest absolute Gasteiger partial charge is 0.333 e. The van der Waals surface area contributed by atoms with Gasteiger partial charge in [-0.3, -0.25) is 0 Å². The number of rotatable bonds is 7. The second-order valence-corrected chi connectivity index (χ2v) is 7.51. The Balaban J connectivity index is 1.46. The van der Waals surface area contributed by atoms with Gasteiger partial charge in [-0.05, 0) is 41.7 Å². The molecule has 0 bridgehead atoms. The summed E-state index contributed by atoms with van der Waals surface area (Å²) in [5.41, 5.74) is 5.06. The van der Waals surface area contributed by atoms with Crippen LogP contribution in [0.5, 0.6) is 0 Å². The van der Waals surface area contributed by atoms with Gasteiger partial charge in [0, 0.05) is 23.7 Å². The number of benzene rings is 3. The van der Waals surface area contributed by atoms with Crippen molar-refractivity contribution in [3.05, 3.63) is 125 Å². The third-order valence-corrected chi connectivity index (χ3v) is 5.31. The molecule has 0 fully saturated rings. The minimum absolute atomic E-state index is 0.379. The Morgan fingerprint density at radius 3 is 2.00 bits per heavy atom. The SMILES string of the molecule is Clc1ccc(Cn2cnc(CCC(c3ccccc3)c3ccccc3)c2)cc1. The van der Waals surface area contributed by atoms with E-state index in [1.54, 1.807) is 0 Å². The number of imidazole rings is 1. The summed E-state index contributed by atoms with van der Waals surface area (Å²) < 4.78 is 2.14. The molecule has 4 aromatic rings. The van der Waals surface area contributed by atoms with E-state index in [2.05, 4.69) is 88.5 Å². The third kappa shape index (κ3) is 4.71. The highest BCUT2D eigenvalue weighted by Gasteiger charge is 2.14. The van der Waals surface area contributed by atoms with Crippen molar-refractivity contribution < 1.29 is 0 Å². The molecule has 0 aliphatic carbocycles. The maximum Gasteiger partial charge on any atom is 0.0952 e. The molecule has 0 atom stereocenters. The molecular weight excluding hydrogens is 364 g/mol. The van der Waals surface area contributed by atoms with E-state index in [0.29, 0.717) is 5.92 Å². The van der Waals surface area contributed by atoms with E-state index in [-0.39, 0.29) is 0 Å². The standard InChI is InChI=1S/C25H23ClN2/c26-23-13-11-20(12-14-23)17-28-18-24(27-19-28)15-16-25(21-7-3-1-4-8-21)22-9-5-2-6-10-22/h1-14,18-19,25H,15-17H2. The van der Waals surface area contributed by atoms with E-state index in [1.807, 2.05) is 18.5 Å². The molecule has 1 aromatic heterocycles. The normalized spacial score (nSPS) is 11.1. The van der Waals surface area contributed by atoms with E-state index in [4.69, 9.17) is 11.6 Å². The summed E-state index contributed by atoms with van der Waals surface area (Å²) >= 11 is 5.97. The molecule has 0 aliphatic rings. The summed E-state index contributed by atoms with van der Waals surface area (Å²) in [7, 11) is 0. The minimum Gasteiger partial charge on any atom is -0.333 e. The van der Waals surface area contributed by atoms with E-state index < -0.39 is 0 Å². The fourth-order valence-corrected chi connectivity index (χ4v) is 3.74. The van der Waals surface area contributed by atoms with Gasteiger partial charge >= 0.3 is 0 Å². The van der Waals surface area contributed by atoms with Gasteiger partial charge in [0.25, 0.3) is 0 Å². The lowest BCUT2D eigenvalue weighted by Gasteiger charge is -2.17. The molecule has 28 heavy (non-hydrogen) atoms. The third-order valence-electron chi connectivity index (χ3n) is 5.06. The van der Waals surface area contributed by atoms with Gasteiger partial charge in [0.15, 0.2) is 0 Å². The van der Waals surface area contributed by atoms with Gasteiger partial charge in [-0.25, -0.2) is 4.98 Å². The van der Waals surface area contributed by atoms with E-state index in [0.717, 1.165) is 30.1 Å². The molecule has 1 heterocycles. The molecule has 3 aromatic carbocycles. The van der Waals surface area contributed by atoms with Crippen LogP contribution >= 0.6 is 11.6 Å². The lowest BCUT2D eigenvalue weighted by atomic mass is 9.87. The van der Waals surface area contributed by atoms with Crippen molar-refractivity contribution in [2.75, 3.05) is 0 Å². The number of aryl methyl sites for hydroxylation is 1. The zero-order chi connectivity index (χ0) is 19.2. The number of halogens is 1. The first-order valence-corrected chi connectivity index (χ1v) is 10.0. The van der Waals surface area contributed by atoms with Crippen LogP contribution in [-0.2, 0) is 13.0 Å². The molecule has 140 valence electrons. The van der Waals surface area contributed by atoms with Crippen molar-refractivity contribution in [1.29, 1.82) is 0 Å². The second kappa shape index (κ2) is 8.90.